The van der Waals surface area contributed by atoms with Crippen LogP contribution in [0.1, 0.15) is 96.8 Å². The molecule has 0 rings (SSSR count). The fourth-order valence-electron chi connectivity index (χ4n) is 4.90. The van der Waals surface area contributed by atoms with Crippen molar-refractivity contribution in [2.24, 2.45) is 0 Å². The SMILES string of the molecule is CCCCCCCCCCCCCCCOCCOCCOCCOCCOCCOCCOCCOCCOCCOCCOCCOCCC(=O)O. The summed E-state index contributed by atoms with van der Waals surface area (Å²) in [5, 5.41) is 8.50. The third-order valence-electron chi connectivity index (χ3n) is 7.94. The molecule has 0 aliphatic heterocycles. The zero-order valence-corrected chi connectivity index (χ0v) is 34.1. The summed E-state index contributed by atoms with van der Waals surface area (Å²) in [5.74, 6) is -0.872. The van der Waals surface area contributed by atoms with E-state index in [0.717, 1.165) is 13.0 Å². The Kier molecular flexibility index (Phi) is 49.1. The highest BCUT2D eigenvalue weighted by Gasteiger charge is 1.99. The van der Waals surface area contributed by atoms with Crippen molar-refractivity contribution in [3.63, 3.8) is 0 Å². The summed E-state index contributed by atoms with van der Waals surface area (Å²) >= 11 is 0. The molecule has 0 saturated heterocycles. The Bertz CT molecular complexity index is 691. The molecule has 14 heteroatoms. The van der Waals surface area contributed by atoms with Gasteiger partial charge in [0.15, 0.2) is 0 Å². The van der Waals surface area contributed by atoms with Crippen LogP contribution in [0.15, 0.2) is 0 Å². The minimum Gasteiger partial charge on any atom is -0.481 e. The average molecular weight is 785 g/mol. The Hall–Kier alpha value is -1.01. The van der Waals surface area contributed by atoms with Gasteiger partial charge < -0.3 is 61.9 Å². The molecule has 0 aliphatic rings. The lowest BCUT2D eigenvalue weighted by molar-refractivity contribution is -0.138. The molecule has 324 valence electrons. The van der Waals surface area contributed by atoms with Gasteiger partial charge >= 0.3 is 5.97 Å². The zero-order valence-electron chi connectivity index (χ0n) is 34.1. The van der Waals surface area contributed by atoms with Crippen molar-refractivity contribution in [2.75, 3.05) is 159 Å². The molecule has 0 amide bonds. The molecule has 0 aromatic carbocycles. The van der Waals surface area contributed by atoms with Gasteiger partial charge in [0.25, 0.3) is 0 Å². The zero-order chi connectivity index (χ0) is 38.9. The molecule has 0 heterocycles. The molecule has 0 radical (unpaired) electrons. The first kappa shape index (κ1) is 53.0. The van der Waals surface area contributed by atoms with Gasteiger partial charge in [-0.1, -0.05) is 84.0 Å². The fraction of sp³-hybridized carbons (Fsp3) is 0.975. The summed E-state index contributed by atoms with van der Waals surface area (Å²) in [5.41, 5.74) is 0. The number of unbranched alkanes of at least 4 members (excludes halogenated alkanes) is 12. The third kappa shape index (κ3) is 51.0. The first-order valence-electron chi connectivity index (χ1n) is 20.9. The average Bonchev–Trinajstić information content (AvgIpc) is 3.17. The van der Waals surface area contributed by atoms with E-state index < -0.39 is 5.97 Å². The van der Waals surface area contributed by atoms with Gasteiger partial charge in [0.2, 0.25) is 0 Å². The maximum atomic E-state index is 10.3. The van der Waals surface area contributed by atoms with E-state index in [1.54, 1.807) is 0 Å². The van der Waals surface area contributed by atoms with Gasteiger partial charge in [-0.2, -0.15) is 0 Å². The van der Waals surface area contributed by atoms with Crippen LogP contribution in [0.4, 0.5) is 0 Å². The highest BCUT2D eigenvalue weighted by atomic mass is 16.6. The maximum absolute atomic E-state index is 10.3. The number of hydrogen-bond donors (Lipinski definition) is 1. The maximum Gasteiger partial charge on any atom is 0.305 e. The predicted molar refractivity (Wildman–Crippen MR) is 208 cm³/mol. The number of rotatable bonds is 50. The molecule has 14 nitrogen and oxygen atoms in total. The van der Waals surface area contributed by atoms with Crippen LogP contribution in [-0.2, 0) is 61.6 Å². The summed E-state index contributed by atoms with van der Waals surface area (Å²) in [4.78, 5) is 10.3. The van der Waals surface area contributed by atoms with Gasteiger partial charge in [-0.05, 0) is 6.42 Å². The van der Waals surface area contributed by atoms with E-state index in [0.29, 0.717) is 145 Å². The molecule has 0 unspecified atom stereocenters. The van der Waals surface area contributed by atoms with E-state index in [4.69, 9.17) is 61.9 Å². The van der Waals surface area contributed by atoms with Gasteiger partial charge in [0, 0.05) is 6.61 Å². The molecule has 0 spiro atoms. The van der Waals surface area contributed by atoms with Crippen molar-refractivity contribution in [2.45, 2.75) is 96.8 Å². The van der Waals surface area contributed by atoms with Crippen molar-refractivity contribution >= 4 is 5.97 Å². The topological polar surface area (TPSA) is 148 Å². The van der Waals surface area contributed by atoms with E-state index in [-0.39, 0.29) is 13.0 Å². The fourth-order valence-corrected chi connectivity index (χ4v) is 4.90. The Labute approximate surface area is 327 Å². The molecular weight excluding hydrogens is 704 g/mol. The molecule has 1 N–H and O–H groups in total. The molecule has 0 bridgehead atoms. The predicted octanol–water partition coefficient (Wildman–Crippen LogP) is 5.75. The number of hydrogen-bond acceptors (Lipinski definition) is 13. The van der Waals surface area contributed by atoms with E-state index in [2.05, 4.69) is 6.92 Å². The van der Waals surface area contributed by atoms with E-state index in [1.165, 1.54) is 77.0 Å². The van der Waals surface area contributed by atoms with Gasteiger partial charge in [-0.15, -0.1) is 0 Å². The highest BCUT2D eigenvalue weighted by molar-refractivity contribution is 5.66. The lowest BCUT2D eigenvalue weighted by Gasteiger charge is -2.09. The summed E-state index contributed by atoms with van der Waals surface area (Å²) in [7, 11) is 0. The van der Waals surface area contributed by atoms with E-state index in [1.807, 2.05) is 0 Å². The minimum absolute atomic E-state index is 0.000743. The second-order valence-electron chi connectivity index (χ2n) is 12.7. The van der Waals surface area contributed by atoms with Gasteiger partial charge in [0.05, 0.1) is 158 Å². The van der Waals surface area contributed by atoms with Crippen molar-refractivity contribution in [3.8, 4) is 0 Å². The van der Waals surface area contributed by atoms with Gasteiger partial charge in [0.1, 0.15) is 0 Å². The summed E-state index contributed by atoms with van der Waals surface area (Å²) in [6, 6.07) is 0. The lowest BCUT2D eigenvalue weighted by Crippen LogP contribution is -2.15. The van der Waals surface area contributed by atoms with E-state index in [9.17, 15) is 4.79 Å². The second-order valence-corrected chi connectivity index (χ2v) is 12.7. The van der Waals surface area contributed by atoms with Crippen LogP contribution < -0.4 is 0 Å². The lowest BCUT2D eigenvalue weighted by atomic mass is 10.0. The Balaban J connectivity index is 3.05. The normalized spacial score (nSPS) is 11.6. The Morgan fingerprint density at radius 3 is 0.685 bits per heavy atom. The van der Waals surface area contributed by atoms with Crippen LogP contribution >= 0.6 is 0 Å². The monoisotopic (exact) mass is 785 g/mol. The Morgan fingerprint density at radius 1 is 0.278 bits per heavy atom. The molecular formula is C40H80O14. The molecule has 0 fully saturated rings. The van der Waals surface area contributed by atoms with Crippen LogP contribution in [0.3, 0.4) is 0 Å². The highest BCUT2D eigenvalue weighted by Crippen LogP contribution is 2.12. The quantitative estimate of drug-likeness (QED) is 0.0747. The number of aliphatic carboxylic acids is 1. The third-order valence-corrected chi connectivity index (χ3v) is 7.94. The molecule has 0 aromatic rings. The smallest absolute Gasteiger partial charge is 0.305 e. The molecule has 0 atom stereocenters. The first-order valence-corrected chi connectivity index (χ1v) is 20.9. The van der Waals surface area contributed by atoms with Crippen molar-refractivity contribution in [1.82, 2.24) is 0 Å². The van der Waals surface area contributed by atoms with Gasteiger partial charge in [-0.3, -0.25) is 4.79 Å². The van der Waals surface area contributed by atoms with Crippen LogP contribution in [0, 0.1) is 0 Å². The van der Waals surface area contributed by atoms with Crippen LogP contribution in [0.2, 0.25) is 0 Å². The largest absolute Gasteiger partial charge is 0.481 e. The summed E-state index contributed by atoms with van der Waals surface area (Å²) in [6.45, 7) is 14.4. The van der Waals surface area contributed by atoms with E-state index >= 15 is 0 Å². The van der Waals surface area contributed by atoms with Crippen LogP contribution in [-0.4, -0.2) is 170 Å². The first-order chi connectivity index (χ1) is 26.8. The molecule has 54 heavy (non-hydrogen) atoms. The number of carbonyl (C=O) groups is 1. The number of carboxylic acids is 1. The number of ether oxygens (including phenoxy) is 12. The number of carboxylic acid groups (broad SMARTS) is 1. The van der Waals surface area contributed by atoms with Crippen molar-refractivity contribution in [3.05, 3.63) is 0 Å². The minimum atomic E-state index is -0.872. The summed E-state index contributed by atoms with van der Waals surface area (Å²) in [6.07, 6.45) is 17.7. The molecule has 0 aromatic heterocycles. The molecule has 0 saturated carbocycles. The Morgan fingerprint density at radius 2 is 0.463 bits per heavy atom. The van der Waals surface area contributed by atoms with Crippen LogP contribution in [0.25, 0.3) is 0 Å². The van der Waals surface area contributed by atoms with Gasteiger partial charge in [-0.25, -0.2) is 0 Å². The second kappa shape index (κ2) is 50.0. The molecule has 0 aliphatic carbocycles. The van der Waals surface area contributed by atoms with Crippen LogP contribution in [0.5, 0.6) is 0 Å². The summed E-state index contributed by atoms with van der Waals surface area (Å²) < 4.78 is 65.6. The van der Waals surface area contributed by atoms with Crippen molar-refractivity contribution < 1.29 is 66.7 Å². The van der Waals surface area contributed by atoms with Crippen molar-refractivity contribution in [1.29, 1.82) is 0 Å². The standard InChI is InChI=1S/C40H80O14/c1-2-3-4-5-6-7-8-9-10-11-12-13-14-16-43-18-20-45-22-24-47-26-28-49-30-32-51-34-36-53-38-39-54-37-35-52-33-31-50-29-27-48-25-23-46-21-19-44-17-15-40(41)42/h2-39H2,1H3,(H,41,42).